The van der Waals surface area contributed by atoms with Crippen LogP contribution in [0.1, 0.15) is 25.0 Å². The number of rotatable bonds is 10. The van der Waals surface area contributed by atoms with Gasteiger partial charge in [-0.2, -0.15) is 0 Å². The van der Waals surface area contributed by atoms with Crippen molar-refractivity contribution >= 4 is 162 Å². The number of fused-ring (bicyclic) bond motifs is 25. The van der Waals surface area contributed by atoms with Gasteiger partial charge in [0.15, 0.2) is 5.82 Å². The predicted octanol–water partition coefficient (Wildman–Crippen LogP) is 33.6. The molecule has 0 radical (unpaired) electrons. The molecule has 29 rings (SSSR count). The first-order valence-electron chi connectivity index (χ1n) is 46.9. The largest absolute Gasteiger partial charge is 0.455 e. The summed E-state index contributed by atoms with van der Waals surface area (Å²) in [6.45, 7) is 4.65. The summed E-state index contributed by atoms with van der Waals surface area (Å²) in [5.74, 6) is 2.03. The summed E-state index contributed by atoms with van der Waals surface area (Å²) in [5, 5.41) is 17.6. The molecule has 0 atom stereocenters. The molecule has 8 heterocycles. The Balaban J connectivity index is 0.000000105. The Morgan fingerprint density at radius 2 is 0.681 bits per heavy atom. The van der Waals surface area contributed by atoms with Crippen molar-refractivity contribution in [3.05, 3.63) is 466 Å². The molecular weight excluding hydrogens is 1700 g/mol. The topological polar surface area (TPSA) is 105 Å². The van der Waals surface area contributed by atoms with Crippen LogP contribution in [0.15, 0.2) is 459 Å². The molecule has 646 valence electrons. The number of benzene rings is 20. The van der Waals surface area contributed by atoms with Crippen LogP contribution in [-0.4, -0.2) is 43.6 Å². The number of para-hydroxylation sites is 6. The smallest absolute Gasteiger partial charge is 0.235 e. The van der Waals surface area contributed by atoms with Crippen LogP contribution in [0.5, 0.6) is 0 Å². The fourth-order valence-electron chi connectivity index (χ4n) is 21.5. The van der Waals surface area contributed by atoms with E-state index in [1.165, 1.54) is 108 Å². The highest BCUT2D eigenvalue weighted by atomic mass is 32.1. The summed E-state index contributed by atoms with van der Waals surface area (Å²) in [5.41, 5.74) is 31.6. The number of nitrogens with zero attached hydrogens (tertiary/aromatic N) is 9. The molecule has 28 aromatic rings. The number of furan rings is 1. The summed E-state index contributed by atoms with van der Waals surface area (Å²) in [7, 11) is 0. The lowest BCUT2D eigenvalue weighted by molar-refractivity contribution is 0.660. The van der Waals surface area contributed by atoms with E-state index in [4.69, 9.17) is 34.3 Å². The van der Waals surface area contributed by atoms with Crippen LogP contribution in [0.25, 0.3) is 258 Å². The molecule has 0 aliphatic heterocycles. The van der Waals surface area contributed by atoms with Gasteiger partial charge in [0, 0.05) is 107 Å². The first kappa shape index (κ1) is 79.8. The molecule has 0 bridgehead atoms. The van der Waals surface area contributed by atoms with Gasteiger partial charge in [-0.05, 0) is 176 Å². The summed E-state index contributed by atoms with van der Waals surface area (Å²) in [6, 6.07) is 161. The van der Waals surface area contributed by atoms with Crippen LogP contribution in [0.2, 0.25) is 0 Å². The van der Waals surface area contributed by atoms with Gasteiger partial charge in [-0.1, -0.05) is 360 Å². The van der Waals surface area contributed by atoms with Crippen molar-refractivity contribution in [2.24, 2.45) is 0 Å². The molecular formula is C127H81N9OS. The molecule has 8 aromatic heterocycles. The summed E-state index contributed by atoms with van der Waals surface area (Å²) >= 11 is 1.86. The zero-order chi connectivity index (χ0) is 91.2. The zero-order valence-corrected chi connectivity index (χ0v) is 76.0. The summed E-state index contributed by atoms with van der Waals surface area (Å²) in [4.78, 5) is 31.3. The average molecular weight is 1780 g/mol. The Hall–Kier alpha value is -17.9. The number of hydrogen-bond acceptors (Lipinski definition) is 8. The van der Waals surface area contributed by atoms with Crippen molar-refractivity contribution in [2.75, 3.05) is 0 Å². The first-order valence-corrected chi connectivity index (χ1v) is 47.7. The van der Waals surface area contributed by atoms with E-state index in [0.29, 0.717) is 11.9 Å². The lowest BCUT2D eigenvalue weighted by atomic mass is 9.82. The number of aromatic nitrogens is 9. The fraction of sp³-hybridized carbons (Fsp3) is 0.0236. The van der Waals surface area contributed by atoms with Gasteiger partial charge >= 0.3 is 0 Å². The highest BCUT2D eigenvalue weighted by Gasteiger charge is 2.36. The van der Waals surface area contributed by atoms with Crippen molar-refractivity contribution in [3.8, 4) is 107 Å². The van der Waals surface area contributed by atoms with Crippen LogP contribution < -0.4 is 0 Å². The average Bonchev–Trinajstić information content (AvgIpc) is 1.56. The van der Waals surface area contributed by atoms with Crippen LogP contribution in [0.4, 0.5) is 0 Å². The molecule has 0 saturated carbocycles. The maximum atomic E-state index is 6.61. The van der Waals surface area contributed by atoms with Crippen molar-refractivity contribution in [1.82, 2.24) is 43.6 Å². The molecule has 0 spiro atoms. The van der Waals surface area contributed by atoms with Gasteiger partial charge in [0.1, 0.15) is 11.2 Å². The molecule has 0 N–H and O–H groups in total. The second-order valence-electron chi connectivity index (χ2n) is 36.2. The zero-order valence-electron chi connectivity index (χ0n) is 75.1. The minimum absolute atomic E-state index is 0.0808. The third-order valence-electron chi connectivity index (χ3n) is 28.1. The van der Waals surface area contributed by atoms with Crippen LogP contribution in [0.3, 0.4) is 0 Å². The molecule has 1 aliphatic carbocycles. The molecule has 10 nitrogen and oxygen atoms in total. The van der Waals surface area contributed by atoms with Gasteiger partial charge in [0.05, 0.1) is 72.1 Å². The quantitative estimate of drug-likeness (QED) is 0.134. The highest BCUT2D eigenvalue weighted by Crippen LogP contribution is 2.52. The minimum atomic E-state index is -0.0808. The van der Waals surface area contributed by atoms with E-state index in [9.17, 15) is 0 Å². The molecule has 11 heteroatoms. The molecule has 0 amide bonds. The third-order valence-corrected chi connectivity index (χ3v) is 29.3. The Labute approximate surface area is 797 Å². The highest BCUT2D eigenvalue weighted by molar-refractivity contribution is 7.26. The Morgan fingerprint density at radius 3 is 1.38 bits per heavy atom. The van der Waals surface area contributed by atoms with E-state index < -0.39 is 0 Å². The van der Waals surface area contributed by atoms with Gasteiger partial charge < -0.3 is 8.98 Å². The predicted molar refractivity (Wildman–Crippen MR) is 575 cm³/mol. The van der Waals surface area contributed by atoms with Crippen molar-refractivity contribution < 1.29 is 4.42 Å². The maximum absolute atomic E-state index is 6.61. The van der Waals surface area contributed by atoms with Crippen molar-refractivity contribution in [1.29, 1.82) is 0 Å². The Bertz CT molecular complexity index is 9820. The monoisotopic (exact) mass is 1780 g/mol. The molecule has 20 aromatic carbocycles. The van der Waals surface area contributed by atoms with Crippen molar-refractivity contribution in [3.63, 3.8) is 0 Å². The molecule has 0 unspecified atom stereocenters. The summed E-state index contributed by atoms with van der Waals surface area (Å²) in [6.07, 6.45) is 0. The van der Waals surface area contributed by atoms with Gasteiger partial charge in [-0.3, -0.25) is 9.13 Å². The first-order chi connectivity index (χ1) is 68.2. The normalized spacial score (nSPS) is 12.3. The lowest BCUT2D eigenvalue weighted by Gasteiger charge is -2.22. The van der Waals surface area contributed by atoms with Crippen LogP contribution in [-0.2, 0) is 5.41 Å². The third kappa shape index (κ3) is 13.1. The molecule has 1 aliphatic rings. The van der Waals surface area contributed by atoms with Gasteiger partial charge in [-0.15, -0.1) is 11.3 Å². The second-order valence-corrected chi connectivity index (χ2v) is 37.3. The fourth-order valence-corrected chi connectivity index (χ4v) is 22.8. The number of hydrogen-bond donors (Lipinski definition) is 0. The van der Waals surface area contributed by atoms with E-state index in [0.717, 1.165) is 149 Å². The van der Waals surface area contributed by atoms with Crippen LogP contribution in [0, 0.1) is 0 Å². The Kier molecular flexibility index (Phi) is 18.6. The SMILES string of the molecule is CC1(C)c2ccccc2-c2ccc(-c3nc(-c4ccc(-n5c6ccccc6c6c7ccccc7ccc65)cc4)nc4ccccc34)cc21.c1ccc(-c2ccc(-c3nc(-n4c5ccccc5c5c6sc7ccccc7c6ccc54)nc4ccccc34)cc2)cc1.c1ccc(-c2cccc(-c3ccc4c5c6oc7ccccc7c6ccc5n(-c5nc(-c6ccccc6)c6ccccc6n5)c4c3)c2)cc1. The molecule has 0 saturated heterocycles. The lowest BCUT2D eigenvalue weighted by Crippen LogP contribution is -2.14. The summed E-state index contributed by atoms with van der Waals surface area (Å²) < 4.78 is 16.0. The molecule has 0 fully saturated rings. The maximum Gasteiger partial charge on any atom is 0.235 e. The Morgan fingerprint density at radius 1 is 0.239 bits per heavy atom. The van der Waals surface area contributed by atoms with Crippen molar-refractivity contribution in [2.45, 2.75) is 19.3 Å². The van der Waals surface area contributed by atoms with Gasteiger partial charge in [0.2, 0.25) is 11.9 Å². The van der Waals surface area contributed by atoms with E-state index in [2.05, 4.69) is 440 Å². The standard InChI is InChI=1S/C45H31N3.C44H27N3O.C38H23N3S/c1-45(2)37-16-8-5-13-33(37)34-25-21-30(27-38(34)45)43-35-14-6-9-17-39(35)46-44(47-43)29-19-23-31(24-20-29)48-40-18-10-7-15-36(40)42-32-12-4-3-11-28(32)22-26-41(42)48;1-3-12-28(13-4-1)30-16-11-17-31(26-30)32-22-23-36-39(27-32)47(38-25-24-34-33-18-8-10-21-40(33)48-43(34)41(36)38)44-45-37-20-9-7-19-35(37)42(46-44)29-14-5-2-6-15-29;1-2-10-24(11-3-1)25-18-20-26(21-19-25)36-29-13-4-7-15-31(29)39-38(40-36)41-32-16-8-5-14-30(32)35-33(41)23-22-28-27-12-6-9-17-34(27)42-37(28)35/h3-27H,1-2H3;1-27H;1-23H. The number of thiophene rings is 1. The van der Waals surface area contributed by atoms with Crippen LogP contribution >= 0.6 is 11.3 Å². The van der Waals surface area contributed by atoms with E-state index in [1.54, 1.807) is 0 Å². The van der Waals surface area contributed by atoms with Gasteiger partial charge in [-0.25, -0.2) is 29.9 Å². The second kappa shape index (κ2) is 32.2. The minimum Gasteiger partial charge on any atom is -0.455 e. The van der Waals surface area contributed by atoms with E-state index in [-0.39, 0.29) is 5.41 Å². The van der Waals surface area contributed by atoms with E-state index in [1.807, 2.05) is 53.8 Å². The van der Waals surface area contributed by atoms with Gasteiger partial charge in [0.25, 0.3) is 0 Å². The molecule has 138 heavy (non-hydrogen) atoms. The van der Waals surface area contributed by atoms with E-state index >= 15 is 0 Å².